The van der Waals surface area contributed by atoms with Gasteiger partial charge in [-0.15, -0.1) is 0 Å². The Hall–Kier alpha value is -0.610. The highest BCUT2D eigenvalue weighted by atomic mass is 16.4. The van der Waals surface area contributed by atoms with Gasteiger partial charge in [-0.05, 0) is 26.6 Å². The highest BCUT2D eigenvalue weighted by Crippen LogP contribution is 1.81. The van der Waals surface area contributed by atoms with Gasteiger partial charge in [0.1, 0.15) is 6.04 Å². The van der Waals surface area contributed by atoms with Crippen molar-refractivity contribution in [2.75, 3.05) is 19.6 Å². The van der Waals surface area contributed by atoms with Crippen LogP contribution in [0.4, 0.5) is 0 Å². The van der Waals surface area contributed by atoms with Gasteiger partial charge in [0, 0.05) is 0 Å². The average Bonchev–Trinajstić information content (AvgIpc) is 2.08. The van der Waals surface area contributed by atoms with Crippen LogP contribution in [-0.4, -0.2) is 41.7 Å². The van der Waals surface area contributed by atoms with Gasteiger partial charge in [0.2, 0.25) is 0 Å². The predicted octanol–water partition coefficient (Wildman–Crippen LogP) is 0.766. The molecule has 0 saturated heterocycles. The van der Waals surface area contributed by atoms with Gasteiger partial charge in [0.25, 0.3) is 0 Å². The van der Waals surface area contributed by atoms with Crippen molar-refractivity contribution in [1.29, 1.82) is 0 Å². The van der Waals surface area contributed by atoms with E-state index in [2.05, 4.69) is 25.7 Å². The van der Waals surface area contributed by atoms with Gasteiger partial charge in [-0.3, -0.25) is 4.79 Å². The lowest BCUT2D eigenvalue weighted by atomic mass is 10.4. The molecule has 0 aromatic heterocycles. The van der Waals surface area contributed by atoms with E-state index in [-0.39, 0.29) is 0 Å². The Labute approximate surface area is 80.7 Å². The minimum atomic E-state index is -0.963. The molecular weight excluding hydrogens is 168 g/mol. The number of aliphatic carboxylic acids is 1. The first-order valence-corrected chi connectivity index (χ1v) is 4.70. The second kappa shape index (κ2) is 9.48. The fourth-order valence-electron chi connectivity index (χ4n) is 0.671. The summed E-state index contributed by atoms with van der Waals surface area (Å²) in [4.78, 5) is 11.9. The summed E-state index contributed by atoms with van der Waals surface area (Å²) in [5.74, 6) is -0.963. The molecule has 0 radical (unpaired) electrons. The van der Waals surface area contributed by atoms with Crippen molar-refractivity contribution in [2.45, 2.75) is 33.7 Å². The Morgan fingerprint density at radius 3 is 1.54 bits per heavy atom. The molecule has 4 heteroatoms. The second-order valence-corrected chi connectivity index (χ2v) is 2.75. The molecule has 0 unspecified atom stereocenters. The summed E-state index contributed by atoms with van der Waals surface area (Å²) >= 11 is 0. The van der Waals surface area contributed by atoms with Crippen LogP contribution in [0.2, 0.25) is 0 Å². The van der Waals surface area contributed by atoms with E-state index in [0.717, 1.165) is 0 Å². The van der Waals surface area contributed by atoms with Gasteiger partial charge in [-0.25, -0.2) is 0 Å². The van der Waals surface area contributed by atoms with Crippen LogP contribution >= 0.6 is 0 Å². The third-order valence-electron chi connectivity index (χ3n) is 1.73. The van der Waals surface area contributed by atoms with E-state index in [0.29, 0.717) is 0 Å². The topological polar surface area (TPSA) is 66.6 Å². The molecule has 80 valence electrons. The number of rotatable bonds is 4. The summed E-state index contributed by atoms with van der Waals surface area (Å²) in [5, 5.41) is 7.87. The van der Waals surface area contributed by atoms with Crippen LogP contribution in [0, 0.1) is 0 Å². The second-order valence-electron chi connectivity index (χ2n) is 2.75. The molecule has 0 heterocycles. The minimum Gasteiger partial charge on any atom is -0.480 e. The van der Waals surface area contributed by atoms with Crippen molar-refractivity contribution >= 4 is 5.97 Å². The van der Waals surface area contributed by atoms with Gasteiger partial charge < -0.3 is 15.7 Å². The standard InChI is InChI=1S/C6H15N.C3H7NO2/c1-4-7(5-2)6-3;1-2(4)3(5)6/h4-6H2,1-3H3;2H,4H2,1H3,(H,5,6)/t;2-/m.0/s1. The number of hydrogen-bond acceptors (Lipinski definition) is 3. The third kappa shape index (κ3) is 11.4. The number of carboxylic acid groups (broad SMARTS) is 1. The summed E-state index contributed by atoms with van der Waals surface area (Å²) in [6.45, 7) is 11.5. The Balaban J connectivity index is 0. The molecule has 4 nitrogen and oxygen atoms in total. The van der Waals surface area contributed by atoms with Crippen LogP contribution in [0.25, 0.3) is 0 Å². The van der Waals surface area contributed by atoms with Crippen LogP contribution in [-0.2, 0) is 4.79 Å². The maximum atomic E-state index is 9.57. The number of carboxylic acids is 1. The molecule has 13 heavy (non-hydrogen) atoms. The first-order valence-electron chi connectivity index (χ1n) is 4.70. The van der Waals surface area contributed by atoms with Gasteiger partial charge in [-0.1, -0.05) is 20.8 Å². The molecule has 0 aliphatic rings. The fourth-order valence-corrected chi connectivity index (χ4v) is 0.671. The molecule has 0 amide bonds. The molecule has 0 aliphatic carbocycles. The molecule has 0 fully saturated rings. The van der Waals surface area contributed by atoms with E-state index >= 15 is 0 Å². The maximum absolute atomic E-state index is 9.57. The van der Waals surface area contributed by atoms with Crippen molar-refractivity contribution < 1.29 is 9.90 Å². The molecular formula is C9H22N2O2. The smallest absolute Gasteiger partial charge is 0.320 e. The largest absolute Gasteiger partial charge is 0.480 e. The van der Waals surface area contributed by atoms with E-state index in [1.165, 1.54) is 26.6 Å². The van der Waals surface area contributed by atoms with Crippen LogP contribution < -0.4 is 5.73 Å². The fraction of sp³-hybridized carbons (Fsp3) is 0.889. The first kappa shape index (κ1) is 14.9. The summed E-state index contributed by atoms with van der Waals surface area (Å²) in [6.07, 6.45) is 0. The Morgan fingerprint density at radius 1 is 1.31 bits per heavy atom. The number of nitrogens with zero attached hydrogens (tertiary/aromatic N) is 1. The van der Waals surface area contributed by atoms with Crippen LogP contribution in [0.15, 0.2) is 0 Å². The average molecular weight is 190 g/mol. The van der Waals surface area contributed by atoms with Crippen molar-refractivity contribution in [2.24, 2.45) is 5.73 Å². The van der Waals surface area contributed by atoms with Crippen molar-refractivity contribution in [3.8, 4) is 0 Å². The van der Waals surface area contributed by atoms with Crippen LogP contribution in [0.3, 0.4) is 0 Å². The van der Waals surface area contributed by atoms with E-state index in [1.54, 1.807) is 0 Å². The Kier molecular flexibility index (Phi) is 10.9. The predicted molar refractivity (Wildman–Crippen MR) is 54.7 cm³/mol. The summed E-state index contributed by atoms with van der Waals surface area (Å²) in [6, 6.07) is -0.731. The normalized spacial score (nSPS) is 11.8. The SMILES string of the molecule is CCN(CC)CC.C[C@H](N)C(=O)O. The molecule has 0 aromatic carbocycles. The van der Waals surface area contributed by atoms with E-state index in [4.69, 9.17) is 10.8 Å². The van der Waals surface area contributed by atoms with Gasteiger partial charge in [0.15, 0.2) is 0 Å². The first-order chi connectivity index (χ1) is 5.99. The van der Waals surface area contributed by atoms with Gasteiger partial charge in [-0.2, -0.15) is 0 Å². The third-order valence-corrected chi connectivity index (χ3v) is 1.73. The molecule has 0 aromatic rings. The van der Waals surface area contributed by atoms with Crippen molar-refractivity contribution in [3.63, 3.8) is 0 Å². The van der Waals surface area contributed by atoms with Gasteiger partial charge in [0.05, 0.1) is 0 Å². The lowest BCUT2D eigenvalue weighted by Gasteiger charge is -2.13. The lowest BCUT2D eigenvalue weighted by Crippen LogP contribution is -2.25. The Bertz CT molecular complexity index is 117. The van der Waals surface area contributed by atoms with Crippen molar-refractivity contribution in [1.82, 2.24) is 4.90 Å². The van der Waals surface area contributed by atoms with E-state index in [1.807, 2.05) is 0 Å². The summed E-state index contributed by atoms with van der Waals surface area (Å²) < 4.78 is 0. The molecule has 0 bridgehead atoms. The molecule has 3 N–H and O–H groups in total. The highest BCUT2D eigenvalue weighted by Gasteiger charge is 1.99. The molecule has 0 spiro atoms. The molecule has 0 rings (SSSR count). The van der Waals surface area contributed by atoms with Crippen molar-refractivity contribution in [3.05, 3.63) is 0 Å². The van der Waals surface area contributed by atoms with Gasteiger partial charge >= 0.3 is 5.97 Å². The van der Waals surface area contributed by atoms with Crippen LogP contribution in [0.5, 0.6) is 0 Å². The summed E-state index contributed by atoms with van der Waals surface area (Å²) in [7, 11) is 0. The minimum absolute atomic E-state index is 0.731. The quantitative estimate of drug-likeness (QED) is 0.687. The highest BCUT2D eigenvalue weighted by molar-refractivity contribution is 5.72. The summed E-state index contributed by atoms with van der Waals surface area (Å²) in [5.41, 5.74) is 4.84. The Morgan fingerprint density at radius 2 is 1.54 bits per heavy atom. The van der Waals surface area contributed by atoms with E-state index < -0.39 is 12.0 Å². The lowest BCUT2D eigenvalue weighted by molar-refractivity contribution is -0.138. The number of nitrogens with two attached hydrogens (primary N) is 1. The monoisotopic (exact) mass is 190 g/mol. The molecule has 0 aliphatic heterocycles. The number of hydrogen-bond donors (Lipinski definition) is 2. The maximum Gasteiger partial charge on any atom is 0.320 e. The zero-order valence-corrected chi connectivity index (χ0v) is 9.08. The molecule has 0 saturated carbocycles. The zero-order chi connectivity index (χ0) is 10.9. The van der Waals surface area contributed by atoms with Crippen LogP contribution in [0.1, 0.15) is 27.7 Å². The molecule has 1 atom stereocenters. The number of carbonyl (C=O) groups is 1. The zero-order valence-electron chi connectivity index (χ0n) is 9.08. The van der Waals surface area contributed by atoms with E-state index in [9.17, 15) is 4.79 Å².